The van der Waals surface area contributed by atoms with E-state index in [0.717, 1.165) is 27.8 Å². The average Bonchev–Trinajstić information content (AvgIpc) is 2.85. The van der Waals surface area contributed by atoms with Gasteiger partial charge in [-0.15, -0.1) is 0 Å². The molecule has 0 saturated heterocycles. The zero-order chi connectivity index (χ0) is 24.1. The number of hydrogen-bond donors (Lipinski definition) is 0. The molecule has 0 spiro atoms. The van der Waals surface area contributed by atoms with Crippen LogP contribution in [0.4, 0.5) is 0 Å². The highest BCUT2D eigenvalue weighted by Crippen LogP contribution is 2.42. The molecule has 0 aliphatic carbocycles. The second kappa shape index (κ2) is 10.5. The second-order valence-corrected chi connectivity index (χ2v) is 9.25. The Morgan fingerprint density at radius 2 is 1.50 bits per heavy atom. The van der Waals surface area contributed by atoms with Crippen molar-refractivity contribution in [1.29, 1.82) is 0 Å². The lowest BCUT2D eigenvalue weighted by Gasteiger charge is -2.18. The van der Waals surface area contributed by atoms with E-state index in [1.54, 1.807) is 12.1 Å². The molecular formula is C29H25O4P. The fourth-order valence-corrected chi connectivity index (χ4v) is 5.19. The van der Waals surface area contributed by atoms with Crippen molar-refractivity contribution in [3.63, 3.8) is 0 Å². The maximum atomic E-state index is 12.6. The number of aryl methyl sites for hydroxylation is 1. The number of hydrogen-bond acceptors (Lipinski definition) is 4. The molecule has 1 unspecified atom stereocenters. The molecule has 0 radical (unpaired) electrons. The van der Waals surface area contributed by atoms with E-state index in [9.17, 15) is 13.9 Å². The van der Waals surface area contributed by atoms with Crippen LogP contribution in [0, 0.1) is 6.92 Å². The molecule has 4 rings (SSSR count). The Bertz CT molecular complexity index is 1380. The monoisotopic (exact) mass is 468 g/mol. The maximum absolute atomic E-state index is 12.6. The molecule has 0 amide bonds. The molecule has 4 aromatic rings. The summed E-state index contributed by atoms with van der Waals surface area (Å²) in [7, 11) is -1.50. The van der Waals surface area contributed by atoms with Crippen LogP contribution in [0.2, 0.25) is 0 Å². The van der Waals surface area contributed by atoms with Crippen LogP contribution in [0.3, 0.4) is 0 Å². The number of esters is 1. The first-order chi connectivity index (χ1) is 16.5. The molecule has 0 aliphatic rings. The summed E-state index contributed by atoms with van der Waals surface area (Å²) in [5, 5.41) is 0. The summed E-state index contributed by atoms with van der Waals surface area (Å²) < 4.78 is 30.3. The van der Waals surface area contributed by atoms with Gasteiger partial charge in [-0.1, -0.05) is 84.9 Å². The molecule has 4 nitrogen and oxygen atoms in total. The minimum Gasteiger partial charge on any atom is -0.465 e. The SMILES string of the molecule is COC(=O)c1ccc(C(c2ccccc2Cc2ccccc2)P(=O)=O)cc1-c1ccccc1C. The predicted octanol–water partition coefficient (Wildman–Crippen LogP) is 7.30. The van der Waals surface area contributed by atoms with Gasteiger partial charge in [-0.25, -0.2) is 13.9 Å². The first-order valence-electron chi connectivity index (χ1n) is 11.0. The van der Waals surface area contributed by atoms with Crippen LogP contribution in [-0.2, 0) is 20.3 Å². The van der Waals surface area contributed by atoms with Crippen LogP contribution in [0.15, 0.2) is 97.1 Å². The molecule has 0 N–H and O–H groups in total. The fraction of sp³-hybridized carbons (Fsp3) is 0.138. The van der Waals surface area contributed by atoms with Crippen LogP contribution in [0.25, 0.3) is 11.1 Å². The Morgan fingerprint density at radius 1 is 0.824 bits per heavy atom. The smallest absolute Gasteiger partial charge is 0.338 e. The Labute approximate surface area is 200 Å². The third-order valence-electron chi connectivity index (χ3n) is 6.00. The zero-order valence-electron chi connectivity index (χ0n) is 19.1. The lowest BCUT2D eigenvalue weighted by atomic mass is 9.90. The average molecular weight is 468 g/mol. The van der Waals surface area contributed by atoms with Crippen molar-refractivity contribution >= 4 is 13.6 Å². The normalized spacial score (nSPS) is 11.6. The minimum atomic E-state index is -2.84. The van der Waals surface area contributed by atoms with Crippen LogP contribution in [0.5, 0.6) is 0 Å². The van der Waals surface area contributed by atoms with Gasteiger partial charge in [0.05, 0.1) is 12.7 Å². The summed E-state index contributed by atoms with van der Waals surface area (Å²) in [6, 6.07) is 30.5. The van der Waals surface area contributed by atoms with E-state index in [1.165, 1.54) is 7.11 Å². The van der Waals surface area contributed by atoms with E-state index in [4.69, 9.17) is 4.74 Å². The number of benzene rings is 4. The van der Waals surface area contributed by atoms with Gasteiger partial charge in [0, 0.05) is 0 Å². The highest BCUT2D eigenvalue weighted by molar-refractivity contribution is 7.31. The Kier molecular flexibility index (Phi) is 7.20. The molecule has 1 atom stereocenters. The molecule has 0 fully saturated rings. The van der Waals surface area contributed by atoms with Crippen molar-refractivity contribution < 1.29 is 18.7 Å². The second-order valence-electron chi connectivity index (χ2n) is 8.16. The third-order valence-corrected chi connectivity index (χ3v) is 7.00. The van der Waals surface area contributed by atoms with Crippen LogP contribution >= 0.6 is 7.68 Å². The van der Waals surface area contributed by atoms with Crippen molar-refractivity contribution in [1.82, 2.24) is 0 Å². The lowest BCUT2D eigenvalue weighted by Crippen LogP contribution is -2.07. The van der Waals surface area contributed by atoms with Crippen LogP contribution < -0.4 is 0 Å². The Morgan fingerprint density at radius 3 is 2.21 bits per heavy atom. The maximum Gasteiger partial charge on any atom is 0.338 e. The van der Waals surface area contributed by atoms with Gasteiger partial charge in [0.2, 0.25) is 0 Å². The number of rotatable bonds is 7. The topological polar surface area (TPSA) is 60.4 Å². The van der Waals surface area contributed by atoms with Gasteiger partial charge in [-0.3, -0.25) is 0 Å². The first-order valence-corrected chi connectivity index (χ1v) is 12.3. The minimum absolute atomic E-state index is 0.401. The molecule has 0 aliphatic heterocycles. The molecule has 4 aromatic carbocycles. The lowest BCUT2D eigenvalue weighted by molar-refractivity contribution is 0.0601. The fourth-order valence-electron chi connectivity index (χ4n) is 4.31. The van der Waals surface area contributed by atoms with Crippen molar-refractivity contribution in [3.05, 3.63) is 130 Å². The van der Waals surface area contributed by atoms with Gasteiger partial charge in [0.15, 0.2) is 0 Å². The van der Waals surface area contributed by atoms with Gasteiger partial charge in [-0.2, -0.15) is 0 Å². The van der Waals surface area contributed by atoms with E-state index in [-0.39, 0.29) is 0 Å². The number of methoxy groups -OCH3 is 1. The third kappa shape index (κ3) is 4.93. The quantitative estimate of drug-likeness (QED) is 0.211. The van der Waals surface area contributed by atoms with Crippen molar-refractivity contribution in [2.45, 2.75) is 19.0 Å². The summed E-state index contributed by atoms with van der Waals surface area (Å²) in [6.07, 6.45) is 0.627. The first kappa shape index (κ1) is 23.4. The van der Waals surface area contributed by atoms with Gasteiger partial charge in [0.1, 0.15) is 5.66 Å². The Balaban J connectivity index is 1.87. The van der Waals surface area contributed by atoms with E-state index in [2.05, 4.69) is 0 Å². The molecule has 0 heterocycles. The zero-order valence-corrected chi connectivity index (χ0v) is 20.0. The number of carbonyl (C=O) groups is 1. The highest BCUT2D eigenvalue weighted by Gasteiger charge is 2.25. The van der Waals surface area contributed by atoms with Gasteiger partial charge in [-0.05, 0) is 64.4 Å². The summed E-state index contributed by atoms with van der Waals surface area (Å²) in [6.45, 7) is 1.96. The van der Waals surface area contributed by atoms with Crippen LogP contribution in [-0.4, -0.2) is 13.1 Å². The van der Waals surface area contributed by atoms with E-state index < -0.39 is 19.3 Å². The molecule has 0 saturated carbocycles. The van der Waals surface area contributed by atoms with Gasteiger partial charge >= 0.3 is 13.6 Å². The molecular weight excluding hydrogens is 443 g/mol. The molecule has 0 bridgehead atoms. The number of carbonyl (C=O) groups excluding carboxylic acids is 1. The van der Waals surface area contributed by atoms with Crippen LogP contribution in [0.1, 0.15) is 43.8 Å². The summed E-state index contributed by atoms with van der Waals surface area (Å²) in [4.78, 5) is 12.5. The molecule has 0 aromatic heterocycles. The van der Waals surface area contributed by atoms with Crippen molar-refractivity contribution in [2.75, 3.05) is 7.11 Å². The van der Waals surface area contributed by atoms with Crippen molar-refractivity contribution in [3.8, 4) is 11.1 Å². The molecule has 170 valence electrons. The Hall–Kier alpha value is -3.75. The van der Waals surface area contributed by atoms with Gasteiger partial charge < -0.3 is 4.74 Å². The summed E-state index contributed by atoms with van der Waals surface area (Å²) in [5.41, 5.74) is 5.47. The standard InChI is InChI=1S/C29H25O4P/c1-20-10-6-8-14-24(20)27-19-23(16-17-26(27)29(30)33-2)28(34(31)32)25-15-9-7-13-22(25)18-21-11-4-3-5-12-21/h3-17,19,28H,18H2,1-2H3. The molecule has 5 heteroatoms. The largest absolute Gasteiger partial charge is 0.465 e. The molecule has 34 heavy (non-hydrogen) atoms. The van der Waals surface area contributed by atoms with E-state index >= 15 is 0 Å². The van der Waals surface area contributed by atoms with E-state index in [0.29, 0.717) is 23.1 Å². The summed E-state index contributed by atoms with van der Waals surface area (Å²) in [5.74, 6) is -0.461. The van der Waals surface area contributed by atoms with Gasteiger partial charge in [0.25, 0.3) is 0 Å². The summed E-state index contributed by atoms with van der Waals surface area (Å²) >= 11 is 0. The predicted molar refractivity (Wildman–Crippen MR) is 134 cm³/mol. The highest BCUT2D eigenvalue weighted by atomic mass is 31.1. The van der Waals surface area contributed by atoms with E-state index in [1.807, 2.05) is 91.9 Å². The van der Waals surface area contributed by atoms with Crippen molar-refractivity contribution in [2.24, 2.45) is 0 Å². The number of ether oxygens (including phenoxy) is 1.